The molecule has 9 heteroatoms. The molecule has 4 amide bonds. The fourth-order valence-electron chi connectivity index (χ4n) is 2.86. The first-order valence-corrected chi connectivity index (χ1v) is 10.2. The highest BCUT2D eigenvalue weighted by atomic mass is 32.2. The third-order valence-corrected chi connectivity index (χ3v) is 5.50. The van der Waals surface area contributed by atoms with Crippen LogP contribution in [0.1, 0.15) is 16.7 Å². The number of rotatable bonds is 7. The Hall–Kier alpha value is -3.59. The second-order valence-electron chi connectivity index (χ2n) is 6.89. The lowest BCUT2D eigenvalue weighted by Crippen LogP contribution is -2.36. The van der Waals surface area contributed by atoms with E-state index in [0.29, 0.717) is 11.3 Å². The summed E-state index contributed by atoms with van der Waals surface area (Å²) in [6.07, 6.45) is 1.52. The Kier molecular flexibility index (Phi) is 6.76. The molecule has 8 nitrogen and oxygen atoms in total. The molecule has 1 aliphatic heterocycles. The lowest BCUT2D eigenvalue weighted by atomic mass is 10.1. The number of nitrogens with one attached hydrogen (secondary N) is 1. The van der Waals surface area contributed by atoms with Crippen molar-refractivity contribution >= 4 is 46.5 Å². The Morgan fingerprint density at radius 2 is 1.90 bits per heavy atom. The Balaban J connectivity index is 1.64. The number of nitrogens with two attached hydrogens (primary N) is 1. The molecule has 3 N–H and O–H groups in total. The molecule has 0 aromatic heterocycles. The quantitative estimate of drug-likeness (QED) is 0.641. The summed E-state index contributed by atoms with van der Waals surface area (Å²) in [5.74, 6) is -1.21. The highest BCUT2D eigenvalue weighted by Gasteiger charge is 2.35. The number of carbonyl (C=O) groups excluding carboxylic acids is 4. The van der Waals surface area contributed by atoms with Crippen molar-refractivity contribution in [2.75, 3.05) is 18.5 Å². The van der Waals surface area contributed by atoms with Crippen molar-refractivity contribution < 1.29 is 23.9 Å². The first kappa shape index (κ1) is 22.1. The van der Waals surface area contributed by atoms with E-state index in [0.717, 1.165) is 33.5 Å². The van der Waals surface area contributed by atoms with Crippen LogP contribution in [0, 0.1) is 13.8 Å². The molecule has 3 rings (SSSR count). The number of primary amides is 1. The zero-order chi connectivity index (χ0) is 22.5. The number of hydrogen-bond donors (Lipinski definition) is 2. The minimum absolute atomic E-state index is 0.177. The van der Waals surface area contributed by atoms with Crippen molar-refractivity contribution in [2.24, 2.45) is 5.73 Å². The lowest BCUT2D eigenvalue weighted by molar-refractivity contribution is -0.127. The predicted octanol–water partition coefficient (Wildman–Crippen LogP) is 2.84. The van der Waals surface area contributed by atoms with Crippen LogP contribution in [0.15, 0.2) is 47.4 Å². The Morgan fingerprint density at radius 3 is 2.65 bits per heavy atom. The maximum absolute atomic E-state index is 12.3. The minimum atomic E-state index is -0.766. The van der Waals surface area contributed by atoms with Crippen LogP contribution < -0.4 is 15.8 Å². The first-order valence-electron chi connectivity index (χ1n) is 9.37. The van der Waals surface area contributed by atoms with Crippen LogP contribution in [-0.4, -0.2) is 41.0 Å². The van der Waals surface area contributed by atoms with E-state index >= 15 is 0 Å². The predicted molar refractivity (Wildman–Crippen MR) is 118 cm³/mol. The largest absolute Gasteiger partial charge is 0.484 e. The van der Waals surface area contributed by atoms with Crippen molar-refractivity contribution in [2.45, 2.75) is 13.8 Å². The maximum atomic E-state index is 12.3. The summed E-state index contributed by atoms with van der Waals surface area (Å²) in [7, 11) is 0. The normalized spacial score (nSPS) is 14.8. The van der Waals surface area contributed by atoms with Gasteiger partial charge in [-0.2, -0.15) is 0 Å². The number of imide groups is 1. The first-order chi connectivity index (χ1) is 14.7. The molecule has 1 aliphatic rings. The van der Waals surface area contributed by atoms with Gasteiger partial charge < -0.3 is 15.8 Å². The molecule has 31 heavy (non-hydrogen) atoms. The number of nitrogens with zero attached hydrogens (tertiary/aromatic N) is 1. The van der Waals surface area contributed by atoms with Gasteiger partial charge in [0.1, 0.15) is 12.3 Å². The summed E-state index contributed by atoms with van der Waals surface area (Å²) in [5, 5.41) is 2.27. The molecule has 1 saturated heterocycles. The number of ether oxygens (including phenoxy) is 1. The molecular formula is C22H21N3O5S. The second-order valence-corrected chi connectivity index (χ2v) is 7.88. The molecule has 2 aromatic carbocycles. The van der Waals surface area contributed by atoms with Gasteiger partial charge in [0.15, 0.2) is 6.61 Å². The molecule has 0 unspecified atom stereocenters. The van der Waals surface area contributed by atoms with Crippen LogP contribution in [0.25, 0.3) is 6.08 Å². The fourth-order valence-corrected chi connectivity index (χ4v) is 3.70. The van der Waals surface area contributed by atoms with E-state index in [1.54, 1.807) is 24.3 Å². The maximum Gasteiger partial charge on any atom is 0.294 e. The van der Waals surface area contributed by atoms with Gasteiger partial charge in [0.25, 0.3) is 17.1 Å². The summed E-state index contributed by atoms with van der Waals surface area (Å²) >= 11 is 0.732. The van der Waals surface area contributed by atoms with Gasteiger partial charge in [-0.3, -0.25) is 24.1 Å². The average molecular weight is 439 g/mol. The van der Waals surface area contributed by atoms with Gasteiger partial charge in [0.05, 0.1) is 4.91 Å². The van der Waals surface area contributed by atoms with Crippen molar-refractivity contribution in [3.05, 3.63) is 64.1 Å². The highest BCUT2D eigenvalue weighted by molar-refractivity contribution is 8.18. The Morgan fingerprint density at radius 1 is 1.16 bits per heavy atom. The summed E-state index contributed by atoms with van der Waals surface area (Å²) < 4.78 is 5.57. The molecule has 1 fully saturated rings. The zero-order valence-electron chi connectivity index (χ0n) is 17.0. The number of carbonyl (C=O) groups is 4. The summed E-state index contributed by atoms with van der Waals surface area (Å²) in [6.45, 7) is 3.25. The minimum Gasteiger partial charge on any atom is -0.484 e. The third kappa shape index (κ3) is 5.52. The Bertz CT molecular complexity index is 1100. The number of anilines is 1. The van der Waals surface area contributed by atoms with Crippen LogP contribution in [0.3, 0.4) is 0 Å². The van der Waals surface area contributed by atoms with Crippen molar-refractivity contribution in [3.8, 4) is 5.75 Å². The lowest BCUT2D eigenvalue weighted by Gasteiger charge is -2.11. The molecule has 160 valence electrons. The SMILES string of the molecule is Cc1cccc(NC(=O)COc2cccc(/C=C3\SC(=O)N(CC(N)=O)C3=O)c2)c1C. The number of benzene rings is 2. The summed E-state index contributed by atoms with van der Waals surface area (Å²) in [5.41, 5.74) is 8.48. The van der Waals surface area contributed by atoms with Gasteiger partial charge in [-0.15, -0.1) is 0 Å². The molecule has 0 spiro atoms. The fraction of sp³-hybridized carbons (Fsp3) is 0.182. The topological polar surface area (TPSA) is 119 Å². The molecule has 0 atom stereocenters. The van der Waals surface area contributed by atoms with Gasteiger partial charge >= 0.3 is 0 Å². The van der Waals surface area contributed by atoms with Gasteiger partial charge in [-0.25, -0.2) is 0 Å². The summed E-state index contributed by atoms with van der Waals surface area (Å²) in [6, 6.07) is 12.4. The molecular weight excluding hydrogens is 418 g/mol. The second kappa shape index (κ2) is 9.48. The van der Waals surface area contributed by atoms with Gasteiger partial charge in [0.2, 0.25) is 5.91 Å². The summed E-state index contributed by atoms with van der Waals surface area (Å²) in [4.78, 5) is 48.5. The molecule has 2 aromatic rings. The Labute approximate surface area is 183 Å². The van der Waals surface area contributed by atoms with E-state index in [9.17, 15) is 19.2 Å². The van der Waals surface area contributed by atoms with E-state index in [1.165, 1.54) is 6.08 Å². The van der Waals surface area contributed by atoms with Gasteiger partial charge in [0, 0.05) is 5.69 Å². The smallest absolute Gasteiger partial charge is 0.294 e. The van der Waals surface area contributed by atoms with Crippen molar-refractivity contribution in [1.29, 1.82) is 0 Å². The standard InChI is InChI=1S/C22H21N3O5S/c1-13-5-3-8-17(14(13)2)24-20(27)12-30-16-7-4-6-15(9-16)10-18-21(28)25(11-19(23)26)22(29)31-18/h3-10H,11-12H2,1-2H3,(H2,23,26)(H,24,27)/b18-10-. The third-order valence-electron chi connectivity index (χ3n) is 4.59. The molecule has 0 bridgehead atoms. The van der Waals surface area contributed by atoms with E-state index in [1.807, 2.05) is 32.0 Å². The van der Waals surface area contributed by atoms with E-state index in [4.69, 9.17) is 10.5 Å². The van der Waals surface area contributed by atoms with E-state index in [2.05, 4.69) is 5.32 Å². The van der Waals surface area contributed by atoms with Crippen molar-refractivity contribution in [1.82, 2.24) is 4.90 Å². The average Bonchev–Trinajstić information content (AvgIpc) is 2.97. The van der Waals surface area contributed by atoms with Crippen LogP contribution in [0.4, 0.5) is 10.5 Å². The molecule has 0 radical (unpaired) electrons. The van der Waals surface area contributed by atoms with Crippen molar-refractivity contribution in [3.63, 3.8) is 0 Å². The zero-order valence-corrected chi connectivity index (χ0v) is 17.8. The van der Waals surface area contributed by atoms with Crippen LogP contribution in [-0.2, 0) is 14.4 Å². The van der Waals surface area contributed by atoms with E-state index < -0.39 is 23.6 Å². The monoisotopic (exact) mass is 439 g/mol. The molecule has 0 saturated carbocycles. The number of aryl methyl sites for hydroxylation is 1. The molecule has 0 aliphatic carbocycles. The number of amides is 4. The van der Waals surface area contributed by atoms with Gasteiger partial charge in [-0.05, 0) is 66.6 Å². The molecule has 1 heterocycles. The van der Waals surface area contributed by atoms with E-state index in [-0.39, 0.29) is 17.4 Å². The van der Waals surface area contributed by atoms with Crippen LogP contribution in [0.5, 0.6) is 5.75 Å². The van der Waals surface area contributed by atoms with Gasteiger partial charge in [-0.1, -0.05) is 24.3 Å². The number of hydrogen-bond acceptors (Lipinski definition) is 6. The number of thioether (sulfide) groups is 1. The highest BCUT2D eigenvalue weighted by Crippen LogP contribution is 2.32. The van der Waals surface area contributed by atoms with Crippen LogP contribution >= 0.6 is 11.8 Å². The van der Waals surface area contributed by atoms with Crippen LogP contribution in [0.2, 0.25) is 0 Å².